The van der Waals surface area contributed by atoms with Gasteiger partial charge >= 0.3 is 0 Å². The van der Waals surface area contributed by atoms with Gasteiger partial charge in [-0.3, -0.25) is 0 Å². The molecular weight excluding hydrogens is 337 g/mol. The maximum atomic E-state index is 13.2. The van der Waals surface area contributed by atoms with Gasteiger partial charge in [0, 0.05) is 6.20 Å². The highest BCUT2D eigenvalue weighted by molar-refractivity contribution is 7.89. The van der Waals surface area contributed by atoms with E-state index in [1.807, 2.05) is 0 Å². The molecule has 2 heterocycles. The lowest BCUT2D eigenvalue weighted by Crippen LogP contribution is -2.23. The first kappa shape index (κ1) is 16.1. The predicted octanol–water partition coefficient (Wildman–Crippen LogP) is 1.45. The Morgan fingerprint density at radius 2 is 2.12 bits per heavy atom. The number of rotatable bonds is 5. The fourth-order valence-electron chi connectivity index (χ4n) is 1.88. The van der Waals surface area contributed by atoms with Crippen LogP contribution in [0.5, 0.6) is 0 Å². The minimum Gasteiger partial charge on any atom is -0.337 e. The molecule has 0 radical (unpaired) electrons. The third kappa shape index (κ3) is 3.44. The summed E-state index contributed by atoms with van der Waals surface area (Å²) in [6.45, 7) is 1.28. The van der Waals surface area contributed by atoms with Gasteiger partial charge in [-0.15, -0.1) is 5.10 Å². The van der Waals surface area contributed by atoms with Crippen LogP contribution >= 0.6 is 0 Å². The van der Waals surface area contributed by atoms with Crippen molar-refractivity contribution < 1.29 is 17.3 Å². The minimum atomic E-state index is -3.83. The predicted molar refractivity (Wildman–Crippen MR) is 80.5 cm³/mol. The molecule has 0 aliphatic rings. The topological polar surface area (TPSA) is 111 Å². The molecule has 0 unspecified atom stereocenters. The zero-order valence-corrected chi connectivity index (χ0v) is 13.3. The average Bonchev–Trinajstić information content (AvgIpc) is 3.05. The Balaban J connectivity index is 1.73. The van der Waals surface area contributed by atoms with Gasteiger partial charge < -0.3 is 4.52 Å². The van der Waals surface area contributed by atoms with Gasteiger partial charge in [-0.2, -0.15) is 10.1 Å². The summed E-state index contributed by atoms with van der Waals surface area (Å²) >= 11 is 0. The molecule has 2 aromatic heterocycles. The molecule has 3 rings (SSSR count). The third-order valence-electron chi connectivity index (χ3n) is 3.12. The summed E-state index contributed by atoms with van der Waals surface area (Å²) in [5.74, 6) is -0.201. The Kier molecular flexibility index (Phi) is 4.32. The van der Waals surface area contributed by atoms with Gasteiger partial charge in [0.05, 0.1) is 11.4 Å². The van der Waals surface area contributed by atoms with E-state index in [1.165, 1.54) is 25.3 Å². The van der Waals surface area contributed by atoms with Gasteiger partial charge in [0.2, 0.25) is 21.7 Å². The van der Waals surface area contributed by atoms with Gasteiger partial charge in [-0.1, -0.05) is 5.16 Å². The number of benzene rings is 1. The molecule has 0 bridgehead atoms. The molecule has 8 nitrogen and oxygen atoms in total. The summed E-state index contributed by atoms with van der Waals surface area (Å²) in [5.41, 5.74) is 0.644. The number of hydrogen-bond acceptors (Lipinski definition) is 7. The first-order valence-electron chi connectivity index (χ1n) is 6.82. The van der Waals surface area contributed by atoms with Crippen LogP contribution in [0.1, 0.15) is 11.5 Å². The van der Waals surface area contributed by atoms with E-state index in [-0.39, 0.29) is 28.7 Å². The smallest absolute Gasteiger partial charge is 0.242 e. The van der Waals surface area contributed by atoms with Gasteiger partial charge in [-0.05, 0) is 42.8 Å². The molecule has 1 N–H and O–H groups in total. The fourth-order valence-corrected chi connectivity index (χ4v) is 2.94. The highest BCUT2D eigenvalue weighted by Gasteiger charge is 2.17. The summed E-state index contributed by atoms with van der Waals surface area (Å²) < 4.78 is 44.9. The Morgan fingerprint density at radius 1 is 1.29 bits per heavy atom. The zero-order valence-electron chi connectivity index (χ0n) is 12.5. The van der Waals surface area contributed by atoms with Crippen molar-refractivity contribution in [3.05, 3.63) is 53.8 Å². The van der Waals surface area contributed by atoms with Gasteiger partial charge in [0.25, 0.3) is 0 Å². The van der Waals surface area contributed by atoms with Crippen molar-refractivity contribution in [3.63, 3.8) is 0 Å². The molecule has 3 aromatic rings. The molecule has 0 amide bonds. The summed E-state index contributed by atoms with van der Waals surface area (Å²) in [6, 6.07) is 6.84. The van der Waals surface area contributed by atoms with E-state index in [9.17, 15) is 12.8 Å². The largest absolute Gasteiger partial charge is 0.337 e. The van der Waals surface area contributed by atoms with Crippen LogP contribution in [-0.4, -0.2) is 28.8 Å². The first-order valence-corrected chi connectivity index (χ1v) is 8.30. The first-order chi connectivity index (χ1) is 11.5. The average molecular weight is 349 g/mol. The van der Waals surface area contributed by atoms with Crippen LogP contribution in [0.25, 0.3) is 11.5 Å². The van der Waals surface area contributed by atoms with Crippen LogP contribution in [-0.2, 0) is 16.6 Å². The van der Waals surface area contributed by atoms with E-state index in [2.05, 4.69) is 25.1 Å². The summed E-state index contributed by atoms with van der Waals surface area (Å²) in [4.78, 5) is 4.00. The van der Waals surface area contributed by atoms with Crippen LogP contribution in [0.15, 0.2) is 45.9 Å². The van der Waals surface area contributed by atoms with Crippen molar-refractivity contribution in [2.45, 2.75) is 18.4 Å². The highest BCUT2D eigenvalue weighted by atomic mass is 32.2. The lowest BCUT2D eigenvalue weighted by molar-refractivity contribution is 0.375. The molecule has 0 saturated heterocycles. The molecule has 124 valence electrons. The third-order valence-corrected chi connectivity index (χ3v) is 4.52. The fraction of sp³-hybridized carbons (Fsp3) is 0.143. The number of aromatic nitrogens is 4. The Morgan fingerprint density at radius 3 is 2.83 bits per heavy atom. The van der Waals surface area contributed by atoms with E-state index in [0.717, 1.165) is 6.07 Å². The molecule has 24 heavy (non-hydrogen) atoms. The highest BCUT2D eigenvalue weighted by Crippen LogP contribution is 2.15. The van der Waals surface area contributed by atoms with E-state index < -0.39 is 15.8 Å². The lowest BCUT2D eigenvalue weighted by Gasteiger charge is -2.05. The van der Waals surface area contributed by atoms with E-state index in [0.29, 0.717) is 5.69 Å². The molecule has 0 fully saturated rings. The summed E-state index contributed by atoms with van der Waals surface area (Å²) in [7, 11) is -3.83. The van der Waals surface area contributed by atoms with Crippen molar-refractivity contribution in [1.82, 2.24) is 25.1 Å². The van der Waals surface area contributed by atoms with E-state index in [4.69, 9.17) is 4.52 Å². The molecule has 0 aliphatic carbocycles. The summed E-state index contributed by atoms with van der Waals surface area (Å²) in [6.07, 6.45) is 1.50. The minimum absolute atomic E-state index is 0.0462. The quantitative estimate of drug-likeness (QED) is 0.742. The molecule has 0 spiro atoms. The second kappa shape index (κ2) is 6.42. The second-order valence-corrected chi connectivity index (χ2v) is 6.62. The van der Waals surface area contributed by atoms with Gasteiger partial charge in [-0.25, -0.2) is 17.5 Å². The number of nitrogens with zero attached hydrogens (tertiary/aromatic N) is 4. The SMILES string of the molecule is Cc1cc(S(=O)(=O)NCc2nc(-c3cccnn3)no2)ccc1F. The number of sulfonamides is 1. The molecule has 1 aromatic carbocycles. The Bertz CT molecular complexity index is 960. The maximum Gasteiger partial charge on any atom is 0.242 e. The number of nitrogens with one attached hydrogen (secondary N) is 1. The van der Waals surface area contributed by atoms with Crippen molar-refractivity contribution in [2.75, 3.05) is 0 Å². The van der Waals surface area contributed by atoms with E-state index in [1.54, 1.807) is 12.1 Å². The van der Waals surface area contributed by atoms with Gasteiger partial charge in [0.1, 0.15) is 11.5 Å². The van der Waals surface area contributed by atoms with Crippen molar-refractivity contribution in [3.8, 4) is 11.5 Å². The van der Waals surface area contributed by atoms with Crippen LogP contribution in [0, 0.1) is 12.7 Å². The molecular formula is C14H12FN5O3S. The van der Waals surface area contributed by atoms with Crippen LogP contribution < -0.4 is 4.72 Å². The molecule has 0 aliphatic heterocycles. The van der Waals surface area contributed by atoms with Crippen LogP contribution in [0.4, 0.5) is 4.39 Å². The molecule has 0 saturated carbocycles. The van der Waals surface area contributed by atoms with Crippen LogP contribution in [0.3, 0.4) is 0 Å². The van der Waals surface area contributed by atoms with E-state index >= 15 is 0 Å². The molecule has 0 atom stereocenters. The standard InChI is InChI=1S/C14H12FN5O3S/c1-9-7-10(4-5-11(9)15)24(21,22)17-8-13-18-14(20-23-13)12-3-2-6-16-19-12/h2-7,17H,8H2,1H3. The normalized spacial score (nSPS) is 11.6. The van der Waals surface area contributed by atoms with Crippen molar-refractivity contribution >= 4 is 10.0 Å². The second-order valence-electron chi connectivity index (χ2n) is 4.86. The number of hydrogen-bond donors (Lipinski definition) is 1. The lowest BCUT2D eigenvalue weighted by atomic mass is 10.2. The zero-order chi connectivity index (χ0) is 17.2. The number of halogens is 1. The van der Waals surface area contributed by atoms with Crippen molar-refractivity contribution in [2.24, 2.45) is 0 Å². The van der Waals surface area contributed by atoms with Crippen LogP contribution in [0.2, 0.25) is 0 Å². The summed E-state index contributed by atoms with van der Waals surface area (Å²) in [5, 5.41) is 11.2. The number of aryl methyl sites for hydroxylation is 1. The van der Waals surface area contributed by atoms with Gasteiger partial charge in [0.15, 0.2) is 0 Å². The Hall–Kier alpha value is -2.72. The monoisotopic (exact) mass is 349 g/mol. The maximum absolute atomic E-state index is 13.2. The van der Waals surface area contributed by atoms with Crippen molar-refractivity contribution in [1.29, 1.82) is 0 Å². The Labute approximate surface area is 136 Å². The molecule has 10 heteroatoms.